The number of rotatable bonds is 8. The zero-order valence-corrected chi connectivity index (χ0v) is 16.8. The van der Waals surface area contributed by atoms with Crippen LogP contribution in [-0.4, -0.2) is 25.6 Å². The highest BCUT2D eigenvalue weighted by Gasteiger charge is 2.16. The Morgan fingerprint density at radius 1 is 1.00 bits per heavy atom. The molecule has 1 heterocycles. The minimum Gasteiger partial charge on any atom is -0.467 e. The van der Waals surface area contributed by atoms with E-state index >= 15 is 0 Å². The second kappa shape index (κ2) is 9.29. The summed E-state index contributed by atoms with van der Waals surface area (Å²) in [6.45, 7) is 0.915. The van der Waals surface area contributed by atoms with Crippen molar-refractivity contribution in [2.24, 2.45) is 0 Å². The molecular weight excluding hydrogens is 392 g/mol. The lowest BCUT2D eigenvalue weighted by Crippen LogP contribution is -2.38. The summed E-state index contributed by atoms with van der Waals surface area (Å²) in [5.41, 5.74) is 1.72. The molecule has 0 aliphatic carbocycles. The van der Waals surface area contributed by atoms with Crippen LogP contribution in [0.15, 0.2) is 77.4 Å². The molecule has 7 nitrogen and oxygen atoms in total. The Balaban J connectivity index is 1.73. The predicted molar refractivity (Wildman–Crippen MR) is 109 cm³/mol. The van der Waals surface area contributed by atoms with Crippen LogP contribution in [0.3, 0.4) is 0 Å². The first-order valence-electron chi connectivity index (χ1n) is 8.96. The molecule has 3 rings (SSSR count). The van der Waals surface area contributed by atoms with Crippen LogP contribution < -0.4 is 9.50 Å². The molecule has 0 radical (unpaired) electrons. The quantitative estimate of drug-likeness (QED) is 0.570. The molecule has 0 fully saturated rings. The first-order chi connectivity index (χ1) is 13.9. The van der Waals surface area contributed by atoms with Gasteiger partial charge < -0.3 is 18.8 Å². The Morgan fingerprint density at radius 2 is 1.76 bits per heavy atom. The minimum absolute atomic E-state index is 0.202. The van der Waals surface area contributed by atoms with E-state index in [1.165, 1.54) is 0 Å². The van der Waals surface area contributed by atoms with Crippen LogP contribution in [0.1, 0.15) is 16.9 Å². The van der Waals surface area contributed by atoms with E-state index in [2.05, 4.69) is 5.32 Å². The number of nitrogens with zero attached hydrogens (tertiary/aromatic N) is 1. The number of carbonyl (C=O) groups is 1. The van der Waals surface area contributed by atoms with Crippen LogP contribution in [0.4, 0.5) is 4.79 Å². The standard InChI is InChI=1S/C21H22N2O5S/c1-29(25,26)28-19-10-5-9-18(13-19)15-23(16-20-11-6-12-27-20)21(24)22-14-17-7-3-2-4-8-17/h2-13H,14-16H2,1H3,(H,22,24). The molecule has 0 spiro atoms. The van der Waals surface area contributed by atoms with Crippen molar-refractivity contribution in [3.63, 3.8) is 0 Å². The molecule has 0 saturated carbocycles. The molecule has 0 bridgehead atoms. The molecule has 152 valence electrons. The number of benzene rings is 2. The largest absolute Gasteiger partial charge is 0.467 e. The first-order valence-corrected chi connectivity index (χ1v) is 10.8. The summed E-state index contributed by atoms with van der Waals surface area (Å²) in [6, 6.07) is 19.5. The maximum atomic E-state index is 12.8. The van der Waals surface area contributed by atoms with Gasteiger partial charge in [0.2, 0.25) is 0 Å². The maximum Gasteiger partial charge on any atom is 0.318 e. The van der Waals surface area contributed by atoms with Crippen molar-refractivity contribution < 1.29 is 21.8 Å². The lowest BCUT2D eigenvalue weighted by molar-refractivity contribution is 0.187. The van der Waals surface area contributed by atoms with Gasteiger partial charge in [0.15, 0.2) is 0 Å². The highest BCUT2D eigenvalue weighted by atomic mass is 32.2. The van der Waals surface area contributed by atoms with Gasteiger partial charge in [-0.1, -0.05) is 42.5 Å². The topological polar surface area (TPSA) is 88.9 Å². The smallest absolute Gasteiger partial charge is 0.318 e. The predicted octanol–water partition coefficient (Wildman–Crippen LogP) is 3.53. The number of urea groups is 1. The van der Waals surface area contributed by atoms with Crippen molar-refractivity contribution in [3.05, 3.63) is 89.9 Å². The van der Waals surface area contributed by atoms with Gasteiger partial charge in [-0.3, -0.25) is 0 Å². The van der Waals surface area contributed by atoms with E-state index in [0.29, 0.717) is 12.3 Å². The zero-order chi connectivity index (χ0) is 20.7. The van der Waals surface area contributed by atoms with Crippen molar-refractivity contribution >= 4 is 16.1 Å². The monoisotopic (exact) mass is 414 g/mol. The number of amides is 2. The van der Waals surface area contributed by atoms with Gasteiger partial charge >= 0.3 is 16.1 Å². The number of nitrogens with one attached hydrogen (secondary N) is 1. The van der Waals surface area contributed by atoms with Crippen molar-refractivity contribution in [1.82, 2.24) is 10.2 Å². The van der Waals surface area contributed by atoms with Crippen molar-refractivity contribution in [1.29, 1.82) is 0 Å². The van der Waals surface area contributed by atoms with Gasteiger partial charge in [-0.05, 0) is 35.4 Å². The molecule has 0 atom stereocenters. The molecule has 29 heavy (non-hydrogen) atoms. The Kier molecular flexibility index (Phi) is 6.56. The minimum atomic E-state index is -3.63. The van der Waals surface area contributed by atoms with E-state index in [4.69, 9.17) is 8.60 Å². The number of hydrogen-bond acceptors (Lipinski definition) is 5. The SMILES string of the molecule is CS(=O)(=O)Oc1cccc(CN(Cc2ccco2)C(=O)NCc2ccccc2)c1. The van der Waals surface area contributed by atoms with Crippen molar-refractivity contribution in [2.45, 2.75) is 19.6 Å². The first kappa shape index (κ1) is 20.5. The summed E-state index contributed by atoms with van der Waals surface area (Å²) < 4.78 is 33.0. The molecule has 1 N–H and O–H groups in total. The molecule has 0 aliphatic heterocycles. The Morgan fingerprint density at radius 3 is 2.45 bits per heavy atom. The van der Waals surface area contributed by atoms with E-state index in [0.717, 1.165) is 17.4 Å². The lowest BCUT2D eigenvalue weighted by Gasteiger charge is -2.22. The van der Waals surface area contributed by atoms with Crippen LogP contribution in [0.5, 0.6) is 5.75 Å². The second-order valence-electron chi connectivity index (χ2n) is 6.51. The van der Waals surface area contributed by atoms with Crippen LogP contribution >= 0.6 is 0 Å². The third-order valence-electron chi connectivity index (χ3n) is 4.02. The van der Waals surface area contributed by atoms with Gasteiger partial charge in [-0.15, -0.1) is 0 Å². The fourth-order valence-electron chi connectivity index (χ4n) is 2.77. The zero-order valence-electron chi connectivity index (χ0n) is 15.9. The second-order valence-corrected chi connectivity index (χ2v) is 8.09. The normalized spacial score (nSPS) is 11.1. The van der Waals surface area contributed by atoms with Gasteiger partial charge in [-0.25, -0.2) is 4.79 Å². The Hall–Kier alpha value is -3.26. The summed E-state index contributed by atoms with van der Waals surface area (Å²) in [5, 5.41) is 2.90. The van der Waals surface area contributed by atoms with Crippen LogP contribution in [0.25, 0.3) is 0 Å². The van der Waals surface area contributed by atoms with Gasteiger partial charge in [0.25, 0.3) is 0 Å². The average molecular weight is 414 g/mol. The molecule has 8 heteroatoms. The number of hydrogen-bond donors (Lipinski definition) is 1. The highest BCUT2D eigenvalue weighted by Crippen LogP contribution is 2.18. The molecule has 0 unspecified atom stereocenters. The third-order valence-corrected chi connectivity index (χ3v) is 4.52. The van der Waals surface area contributed by atoms with E-state index < -0.39 is 10.1 Å². The van der Waals surface area contributed by atoms with E-state index in [1.54, 1.807) is 47.6 Å². The van der Waals surface area contributed by atoms with Gasteiger partial charge in [0.1, 0.15) is 11.5 Å². The number of carbonyl (C=O) groups excluding carboxylic acids is 1. The van der Waals surface area contributed by atoms with Crippen LogP contribution in [0, 0.1) is 0 Å². The number of furan rings is 1. The van der Waals surface area contributed by atoms with Crippen LogP contribution in [0.2, 0.25) is 0 Å². The molecule has 1 aromatic heterocycles. The molecule has 2 aromatic carbocycles. The molecule has 0 aliphatic rings. The van der Waals surface area contributed by atoms with E-state index in [9.17, 15) is 13.2 Å². The summed E-state index contributed by atoms with van der Waals surface area (Å²) in [5.74, 6) is 0.844. The summed E-state index contributed by atoms with van der Waals surface area (Å²) in [6.07, 6.45) is 2.54. The summed E-state index contributed by atoms with van der Waals surface area (Å²) in [7, 11) is -3.63. The molecule has 2 amide bonds. The fourth-order valence-corrected chi connectivity index (χ4v) is 3.22. The molecular formula is C21H22N2O5S. The van der Waals surface area contributed by atoms with E-state index in [-0.39, 0.29) is 24.9 Å². The highest BCUT2D eigenvalue weighted by molar-refractivity contribution is 7.86. The summed E-state index contributed by atoms with van der Waals surface area (Å²) >= 11 is 0. The lowest BCUT2D eigenvalue weighted by atomic mass is 10.2. The van der Waals surface area contributed by atoms with Gasteiger partial charge in [-0.2, -0.15) is 8.42 Å². The van der Waals surface area contributed by atoms with Crippen molar-refractivity contribution in [3.8, 4) is 5.75 Å². The molecule has 0 saturated heterocycles. The third kappa shape index (κ3) is 6.69. The fraction of sp³-hybridized carbons (Fsp3) is 0.190. The van der Waals surface area contributed by atoms with Gasteiger partial charge in [0.05, 0.1) is 19.1 Å². The van der Waals surface area contributed by atoms with E-state index in [1.807, 2.05) is 30.3 Å². The Labute approximate surface area is 170 Å². The maximum absolute atomic E-state index is 12.8. The van der Waals surface area contributed by atoms with Crippen LogP contribution in [-0.2, 0) is 29.8 Å². The van der Waals surface area contributed by atoms with Crippen molar-refractivity contribution in [2.75, 3.05) is 6.26 Å². The molecule has 3 aromatic rings. The Bertz CT molecular complexity index is 1030. The van der Waals surface area contributed by atoms with Gasteiger partial charge in [0, 0.05) is 13.1 Å². The average Bonchev–Trinajstić information content (AvgIpc) is 3.18. The summed E-state index contributed by atoms with van der Waals surface area (Å²) in [4.78, 5) is 14.4.